The quantitative estimate of drug-likeness (QED) is 0.555. The molecule has 2 aromatic rings. The van der Waals surface area contributed by atoms with E-state index in [2.05, 4.69) is 5.32 Å². The number of carbonyl (C=O) groups excluding carboxylic acids is 2. The van der Waals surface area contributed by atoms with Gasteiger partial charge in [0.2, 0.25) is 0 Å². The summed E-state index contributed by atoms with van der Waals surface area (Å²) in [6.07, 6.45) is -3.11. The molecule has 0 unspecified atom stereocenters. The third-order valence-corrected chi connectivity index (χ3v) is 6.73. The number of carbonyl (C=O) groups is 2. The molecule has 0 spiro atoms. The van der Waals surface area contributed by atoms with E-state index in [0.717, 1.165) is 23.7 Å². The Hall–Kier alpha value is -3.14. The van der Waals surface area contributed by atoms with Gasteiger partial charge in [0.05, 0.1) is 22.9 Å². The van der Waals surface area contributed by atoms with Gasteiger partial charge in [-0.2, -0.15) is 13.2 Å². The highest BCUT2D eigenvalue weighted by Gasteiger charge is 2.34. The van der Waals surface area contributed by atoms with Crippen LogP contribution in [0.5, 0.6) is 0 Å². The summed E-state index contributed by atoms with van der Waals surface area (Å²) < 4.78 is 44.7. The topological polar surface area (TPSA) is 87.9 Å². The van der Waals surface area contributed by atoms with E-state index in [9.17, 15) is 22.8 Å². The molecule has 3 amide bonds. The van der Waals surface area contributed by atoms with E-state index in [-0.39, 0.29) is 35.7 Å². The number of nitrogens with one attached hydrogen (secondary N) is 1. The lowest BCUT2D eigenvalue weighted by Crippen LogP contribution is -2.50. The second-order valence-corrected chi connectivity index (χ2v) is 9.06. The first kappa shape index (κ1) is 25.0. The van der Waals surface area contributed by atoms with E-state index in [1.165, 1.54) is 6.07 Å². The van der Waals surface area contributed by atoms with Crippen LogP contribution in [0, 0.1) is 0 Å². The molecule has 0 atom stereocenters. The smallest absolute Gasteiger partial charge is 0.418 e. The summed E-state index contributed by atoms with van der Waals surface area (Å²) in [5.74, 6) is 0. The Kier molecular flexibility index (Phi) is 7.30. The molecule has 188 valence electrons. The Morgan fingerprint density at radius 1 is 1.17 bits per heavy atom. The largest absolute Gasteiger partial charge is 0.449 e. The summed E-state index contributed by atoms with van der Waals surface area (Å²) >= 11 is 5.84. The van der Waals surface area contributed by atoms with Gasteiger partial charge >= 0.3 is 18.3 Å². The molecule has 0 radical (unpaired) electrons. The fraction of sp³-hybridized carbons (Fsp3) is 0.417. The molecule has 0 saturated carbocycles. The fourth-order valence-electron chi connectivity index (χ4n) is 4.50. The SMILES string of the molecule is Nc1c(Cl)cc(CCOC(=O)N2CCC(N3CCc4ccccc4NC3=O)CC2)cc1C(F)(F)F. The van der Waals surface area contributed by atoms with Crippen LogP contribution in [0.15, 0.2) is 36.4 Å². The van der Waals surface area contributed by atoms with Crippen molar-refractivity contribution in [3.8, 4) is 0 Å². The summed E-state index contributed by atoms with van der Waals surface area (Å²) in [7, 11) is 0. The molecule has 7 nitrogen and oxygen atoms in total. The number of hydrogen-bond acceptors (Lipinski definition) is 4. The van der Waals surface area contributed by atoms with Crippen LogP contribution in [-0.4, -0.2) is 54.2 Å². The third-order valence-electron chi connectivity index (χ3n) is 6.42. The molecule has 3 N–H and O–H groups in total. The Morgan fingerprint density at radius 3 is 2.60 bits per heavy atom. The van der Waals surface area contributed by atoms with Crippen molar-refractivity contribution in [3.63, 3.8) is 0 Å². The van der Waals surface area contributed by atoms with Crippen molar-refractivity contribution in [1.82, 2.24) is 9.80 Å². The molecule has 1 fully saturated rings. The molecule has 2 aromatic carbocycles. The van der Waals surface area contributed by atoms with E-state index >= 15 is 0 Å². The highest BCUT2D eigenvalue weighted by Crippen LogP contribution is 2.38. The lowest BCUT2D eigenvalue weighted by molar-refractivity contribution is -0.137. The molecule has 4 rings (SSSR count). The number of nitrogen functional groups attached to an aromatic ring is 1. The first-order chi connectivity index (χ1) is 16.6. The molecule has 35 heavy (non-hydrogen) atoms. The van der Waals surface area contributed by atoms with Gasteiger partial charge in [-0.05, 0) is 48.6 Å². The van der Waals surface area contributed by atoms with Gasteiger partial charge in [0.25, 0.3) is 0 Å². The minimum absolute atomic E-state index is 0.00562. The summed E-state index contributed by atoms with van der Waals surface area (Å²) in [4.78, 5) is 28.6. The third kappa shape index (κ3) is 5.75. The first-order valence-electron chi connectivity index (χ1n) is 11.4. The van der Waals surface area contributed by atoms with Gasteiger partial charge in [0.15, 0.2) is 0 Å². The zero-order valence-corrected chi connectivity index (χ0v) is 19.7. The number of anilines is 2. The number of amides is 3. The molecule has 2 heterocycles. The van der Waals surface area contributed by atoms with Crippen molar-refractivity contribution >= 4 is 35.1 Å². The van der Waals surface area contributed by atoms with Gasteiger partial charge in [-0.1, -0.05) is 29.8 Å². The highest BCUT2D eigenvalue weighted by atomic mass is 35.5. The van der Waals surface area contributed by atoms with Crippen molar-refractivity contribution in [2.75, 3.05) is 37.3 Å². The lowest BCUT2D eigenvalue weighted by atomic mass is 10.0. The molecule has 1 saturated heterocycles. The van der Waals surface area contributed by atoms with E-state index < -0.39 is 23.5 Å². The number of hydrogen-bond donors (Lipinski definition) is 2. The van der Waals surface area contributed by atoms with Gasteiger partial charge in [-0.3, -0.25) is 0 Å². The number of urea groups is 1. The van der Waals surface area contributed by atoms with Crippen molar-refractivity contribution in [1.29, 1.82) is 0 Å². The Morgan fingerprint density at radius 2 is 1.89 bits per heavy atom. The van der Waals surface area contributed by atoms with E-state index in [4.69, 9.17) is 22.1 Å². The van der Waals surface area contributed by atoms with Crippen LogP contribution >= 0.6 is 11.6 Å². The maximum Gasteiger partial charge on any atom is 0.418 e. The number of fused-ring (bicyclic) bond motifs is 1. The van der Waals surface area contributed by atoms with Crippen molar-refractivity contribution in [3.05, 3.63) is 58.1 Å². The maximum absolute atomic E-state index is 13.1. The molecule has 0 aliphatic carbocycles. The molecule has 0 aromatic heterocycles. The normalized spacial score (nSPS) is 17.0. The monoisotopic (exact) mass is 510 g/mol. The van der Waals surface area contributed by atoms with Crippen LogP contribution in [0.1, 0.15) is 29.5 Å². The Balaban J connectivity index is 1.26. The van der Waals surface area contributed by atoms with Crippen LogP contribution in [0.4, 0.5) is 34.1 Å². The summed E-state index contributed by atoms with van der Waals surface area (Å²) in [5.41, 5.74) is 6.11. The van der Waals surface area contributed by atoms with Gasteiger partial charge in [-0.15, -0.1) is 0 Å². The summed E-state index contributed by atoms with van der Waals surface area (Å²) in [5, 5.41) is 2.77. The second-order valence-electron chi connectivity index (χ2n) is 8.65. The average Bonchev–Trinajstić information content (AvgIpc) is 2.98. The maximum atomic E-state index is 13.1. The van der Waals surface area contributed by atoms with E-state index in [1.54, 1.807) is 4.90 Å². The molecular weight excluding hydrogens is 485 g/mol. The van der Waals surface area contributed by atoms with Crippen LogP contribution < -0.4 is 11.1 Å². The number of likely N-dealkylation sites (tertiary alicyclic amines) is 1. The van der Waals surface area contributed by atoms with Crippen LogP contribution in [-0.2, 0) is 23.8 Å². The molecule has 0 bridgehead atoms. The number of rotatable bonds is 4. The number of alkyl halides is 3. The van der Waals surface area contributed by atoms with Crippen molar-refractivity contribution in [2.24, 2.45) is 0 Å². The number of piperidine rings is 1. The second kappa shape index (κ2) is 10.2. The van der Waals surface area contributed by atoms with E-state index in [1.807, 2.05) is 29.2 Å². The predicted molar refractivity (Wildman–Crippen MR) is 126 cm³/mol. The number of ether oxygens (including phenoxy) is 1. The standard InChI is InChI=1S/C24H26ClF3N4O3/c25-19-14-15(13-18(21(19)29)24(26,27)28)8-12-35-23(34)31-9-6-17(7-10-31)32-11-5-16-3-1-2-4-20(16)30-22(32)33/h1-4,13-14,17H,5-12,29H2,(H,30,33). The first-order valence-corrected chi connectivity index (χ1v) is 11.7. The highest BCUT2D eigenvalue weighted by molar-refractivity contribution is 6.33. The van der Waals surface area contributed by atoms with Crippen molar-refractivity contribution < 1.29 is 27.5 Å². The van der Waals surface area contributed by atoms with Crippen molar-refractivity contribution in [2.45, 2.75) is 37.9 Å². The number of nitrogens with two attached hydrogens (primary N) is 1. The number of halogens is 4. The van der Waals surface area contributed by atoms with Gasteiger partial charge in [0.1, 0.15) is 0 Å². The van der Waals surface area contributed by atoms with Gasteiger partial charge in [0, 0.05) is 37.8 Å². The Bertz CT molecular complexity index is 1100. The molecule has 2 aliphatic rings. The van der Waals surface area contributed by atoms with Crippen LogP contribution in [0.3, 0.4) is 0 Å². The zero-order chi connectivity index (χ0) is 25.2. The van der Waals surface area contributed by atoms with Crippen LogP contribution in [0.25, 0.3) is 0 Å². The minimum Gasteiger partial charge on any atom is -0.449 e. The average molecular weight is 511 g/mol. The summed E-state index contributed by atoms with van der Waals surface area (Å²) in [6, 6.07) is 9.85. The van der Waals surface area contributed by atoms with E-state index in [0.29, 0.717) is 32.5 Å². The number of para-hydroxylation sites is 1. The number of benzene rings is 2. The predicted octanol–water partition coefficient (Wildman–Crippen LogP) is 5.17. The lowest BCUT2D eigenvalue weighted by Gasteiger charge is -2.37. The number of nitrogens with zero attached hydrogens (tertiary/aromatic N) is 2. The summed E-state index contributed by atoms with van der Waals surface area (Å²) in [6.45, 7) is 1.35. The van der Waals surface area contributed by atoms with Crippen LogP contribution in [0.2, 0.25) is 5.02 Å². The van der Waals surface area contributed by atoms with Gasteiger partial charge in [-0.25, -0.2) is 9.59 Å². The molecule has 11 heteroatoms. The zero-order valence-electron chi connectivity index (χ0n) is 18.9. The fourth-order valence-corrected chi connectivity index (χ4v) is 4.74. The van der Waals surface area contributed by atoms with Gasteiger partial charge < -0.3 is 25.6 Å². The molecule has 2 aliphatic heterocycles. The molecular formula is C24H26ClF3N4O3. The Labute approximate surface area is 206 Å². The minimum atomic E-state index is -4.63.